The van der Waals surface area contributed by atoms with E-state index in [2.05, 4.69) is 15.3 Å². The molecule has 0 atom stereocenters. The number of fused-ring (bicyclic) bond motifs is 1. The average molecular weight is 418 g/mol. The van der Waals surface area contributed by atoms with E-state index in [9.17, 15) is 18.0 Å². The van der Waals surface area contributed by atoms with Gasteiger partial charge < -0.3 is 19.9 Å². The maximum absolute atomic E-state index is 13.1. The molecule has 1 aliphatic rings. The highest BCUT2D eigenvalue weighted by molar-refractivity contribution is 5.93. The number of H-pyrrole nitrogens is 1. The molecular formula is C21H21F3N4O2. The van der Waals surface area contributed by atoms with E-state index in [1.165, 1.54) is 6.07 Å². The number of halogens is 3. The molecule has 4 rings (SSSR count). The van der Waals surface area contributed by atoms with Crippen LogP contribution in [-0.2, 0) is 22.1 Å². The van der Waals surface area contributed by atoms with Crippen LogP contribution in [0.5, 0.6) is 0 Å². The van der Waals surface area contributed by atoms with Crippen LogP contribution < -0.4 is 10.2 Å². The average Bonchev–Trinajstić information content (AvgIpc) is 3.20. The molecule has 0 saturated carbocycles. The third-order valence-corrected chi connectivity index (χ3v) is 5.02. The number of ether oxygens (including phenoxy) is 1. The third kappa shape index (κ3) is 4.56. The zero-order chi connectivity index (χ0) is 21.1. The highest BCUT2D eigenvalue weighted by Crippen LogP contribution is 2.31. The number of anilines is 2. The molecule has 0 spiro atoms. The van der Waals surface area contributed by atoms with Crippen LogP contribution in [0.25, 0.3) is 10.9 Å². The van der Waals surface area contributed by atoms with Gasteiger partial charge in [0.2, 0.25) is 5.91 Å². The van der Waals surface area contributed by atoms with Crippen LogP contribution in [0.3, 0.4) is 0 Å². The van der Waals surface area contributed by atoms with Crippen molar-refractivity contribution in [1.82, 2.24) is 9.97 Å². The lowest BCUT2D eigenvalue weighted by Crippen LogP contribution is -2.37. The van der Waals surface area contributed by atoms with Crippen molar-refractivity contribution in [2.24, 2.45) is 0 Å². The molecule has 1 aromatic carbocycles. The normalized spacial score (nSPS) is 14.8. The number of alkyl halides is 3. The van der Waals surface area contributed by atoms with Gasteiger partial charge in [0.25, 0.3) is 0 Å². The minimum Gasteiger partial charge on any atom is -0.378 e. The standard InChI is InChI=1S/C21H21F3N4O2/c22-21(23,24)18-5-1-14(20(27-18)28-9-11-30-12-10-28)2-6-19(29)26-16-3-4-17-15(13-16)7-8-25-17/h1,3-5,7-8,13,25H,2,6,9-12H2,(H,26,29). The highest BCUT2D eigenvalue weighted by Gasteiger charge is 2.33. The van der Waals surface area contributed by atoms with Crippen LogP contribution in [0.2, 0.25) is 0 Å². The maximum Gasteiger partial charge on any atom is 0.433 e. The Balaban J connectivity index is 1.47. The van der Waals surface area contributed by atoms with Gasteiger partial charge in [0.1, 0.15) is 11.5 Å². The number of carbonyl (C=O) groups is 1. The van der Waals surface area contributed by atoms with Gasteiger partial charge in [0.15, 0.2) is 0 Å². The third-order valence-electron chi connectivity index (χ3n) is 5.02. The number of carbonyl (C=O) groups excluding carboxylic acids is 1. The van der Waals surface area contributed by atoms with Crippen LogP contribution in [0.4, 0.5) is 24.7 Å². The number of nitrogens with zero attached hydrogens (tertiary/aromatic N) is 2. The molecule has 0 bridgehead atoms. The van der Waals surface area contributed by atoms with E-state index >= 15 is 0 Å². The molecule has 9 heteroatoms. The lowest BCUT2D eigenvalue weighted by molar-refractivity contribution is -0.141. The molecule has 2 aromatic heterocycles. The first kappa shape index (κ1) is 20.2. The van der Waals surface area contributed by atoms with Gasteiger partial charge in [-0.1, -0.05) is 6.07 Å². The molecule has 3 heterocycles. The Morgan fingerprint density at radius 1 is 1.17 bits per heavy atom. The number of rotatable bonds is 5. The van der Waals surface area contributed by atoms with E-state index in [1.807, 2.05) is 24.4 Å². The maximum atomic E-state index is 13.1. The predicted molar refractivity (Wildman–Crippen MR) is 108 cm³/mol. The number of hydrogen-bond donors (Lipinski definition) is 2. The van der Waals surface area contributed by atoms with E-state index in [0.717, 1.165) is 17.0 Å². The zero-order valence-electron chi connectivity index (χ0n) is 16.1. The number of hydrogen-bond acceptors (Lipinski definition) is 4. The first-order valence-electron chi connectivity index (χ1n) is 9.67. The molecule has 0 radical (unpaired) electrons. The zero-order valence-corrected chi connectivity index (χ0v) is 16.1. The summed E-state index contributed by atoms with van der Waals surface area (Å²) in [5.74, 6) is 0.0624. The molecule has 0 aliphatic carbocycles. The molecular weight excluding hydrogens is 397 g/mol. The van der Waals surface area contributed by atoms with Crippen LogP contribution in [0.1, 0.15) is 17.7 Å². The van der Waals surface area contributed by atoms with Crippen molar-refractivity contribution in [1.29, 1.82) is 0 Å². The molecule has 3 aromatic rings. The summed E-state index contributed by atoms with van der Waals surface area (Å²) in [6, 6.07) is 9.84. The van der Waals surface area contributed by atoms with E-state index in [4.69, 9.17) is 4.74 Å². The van der Waals surface area contributed by atoms with Gasteiger partial charge in [-0.2, -0.15) is 13.2 Å². The lowest BCUT2D eigenvalue weighted by atomic mass is 10.1. The second-order valence-corrected chi connectivity index (χ2v) is 7.10. The number of aromatic nitrogens is 2. The van der Waals surface area contributed by atoms with Gasteiger partial charge in [-0.3, -0.25) is 4.79 Å². The molecule has 30 heavy (non-hydrogen) atoms. The topological polar surface area (TPSA) is 70.2 Å². The summed E-state index contributed by atoms with van der Waals surface area (Å²) in [5.41, 5.74) is 1.32. The van der Waals surface area contributed by atoms with Crippen LogP contribution >= 0.6 is 0 Å². The monoisotopic (exact) mass is 418 g/mol. The van der Waals surface area contributed by atoms with E-state index in [-0.39, 0.29) is 24.6 Å². The number of nitrogens with one attached hydrogen (secondary N) is 2. The van der Waals surface area contributed by atoms with Crippen LogP contribution in [0, 0.1) is 0 Å². The van der Waals surface area contributed by atoms with Crippen LogP contribution in [-0.4, -0.2) is 42.2 Å². The van der Waals surface area contributed by atoms with E-state index in [0.29, 0.717) is 37.6 Å². The van der Waals surface area contributed by atoms with E-state index in [1.54, 1.807) is 11.0 Å². The molecule has 6 nitrogen and oxygen atoms in total. The van der Waals surface area contributed by atoms with Gasteiger partial charge in [0, 0.05) is 42.3 Å². The molecule has 1 fully saturated rings. The number of aromatic amines is 1. The summed E-state index contributed by atoms with van der Waals surface area (Å²) in [5, 5.41) is 3.82. The highest BCUT2D eigenvalue weighted by atomic mass is 19.4. The fourth-order valence-corrected chi connectivity index (χ4v) is 3.48. The molecule has 0 unspecified atom stereocenters. The van der Waals surface area contributed by atoms with Gasteiger partial charge in [-0.25, -0.2) is 4.98 Å². The molecule has 1 aliphatic heterocycles. The Hall–Kier alpha value is -3.07. The molecule has 1 saturated heterocycles. The van der Waals surface area contributed by atoms with Gasteiger partial charge in [-0.15, -0.1) is 0 Å². The van der Waals surface area contributed by atoms with Crippen molar-refractivity contribution >= 4 is 28.3 Å². The summed E-state index contributed by atoms with van der Waals surface area (Å²) >= 11 is 0. The Morgan fingerprint density at radius 2 is 1.97 bits per heavy atom. The summed E-state index contributed by atoms with van der Waals surface area (Å²) in [6.45, 7) is 1.79. The Labute approximate surface area is 171 Å². The first-order chi connectivity index (χ1) is 14.4. The second kappa shape index (κ2) is 8.35. The number of pyridine rings is 1. The van der Waals surface area contributed by atoms with Crippen LogP contribution in [0.15, 0.2) is 42.6 Å². The fraction of sp³-hybridized carbons (Fsp3) is 0.333. The van der Waals surface area contributed by atoms with Gasteiger partial charge in [-0.05, 0) is 42.3 Å². The molecule has 158 valence electrons. The minimum atomic E-state index is -4.52. The first-order valence-corrected chi connectivity index (χ1v) is 9.67. The molecule has 1 amide bonds. The van der Waals surface area contributed by atoms with Gasteiger partial charge in [0.05, 0.1) is 13.2 Å². The van der Waals surface area contributed by atoms with Crippen molar-refractivity contribution in [3.8, 4) is 0 Å². The van der Waals surface area contributed by atoms with Crippen molar-refractivity contribution in [3.63, 3.8) is 0 Å². The number of morpholine rings is 1. The number of amides is 1. The Morgan fingerprint density at radius 3 is 2.73 bits per heavy atom. The second-order valence-electron chi connectivity index (χ2n) is 7.10. The van der Waals surface area contributed by atoms with Crippen molar-refractivity contribution in [2.45, 2.75) is 19.0 Å². The minimum absolute atomic E-state index is 0.134. The summed E-state index contributed by atoms with van der Waals surface area (Å²) < 4.78 is 44.7. The largest absolute Gasteiger partial charge is 0.433 e. The summed E-state index contributed by atoms with van der Waals surface area (Å²) in [7, 11) is 0. The predicted octanol–water partition coefficient (Wildman–Crippen LogP) is 3.99. The quantitative estimate of drug-likeness (QED) is 0.657. The van der Waals surface area contributed by atoms with Crippen molar-refractivity contribution < 1.29 is 22.7 Å². The smallest absolute Gasteiger partial charge is 0.378 e. The summed E-state index contributed by atoms with van der Waals surface area (Å²) in [4.78, 5) is 21.2. The Kier molecular flexibility index (Phi) is 5.63. The van der Waals surface area contributed by atoms with Gasteiger partial charge >= 0.3 is 6.18 Å². The van der Waals surface area contributed by atoms with E-state index < -0.39 is 11.9 Å². The summed E-state index contributed by atoms with van der Waals surface area (Å²) in [6.07, 6.45) is -2.28. The van der Waals surface area contributed by atoms with Crippen molar-refractivity contribution in [3.05, 3.63) is 53.9 Å². The number of benzene rings is 1. The van der Waals surface area contributed by atoms with Crippen molar-refractivity contribution in [2.75, 3.05) is 36.5 Å². The Bertz CT molecular complexity index is 1040. The number of aryl methyl sites for hydroxylation is 1. The SMILES string of the molecule is O=C(CCc1ccc(C(F)(F)F)nc1N1CCOCC1)Nc1ccc2[nH]ccc2c1. The fourth-order valence-electron chi connectivity index (χ4n) is 3.48. The molecule has 2 N–H and O–H groups in total. The lowest BCUT2D eigenvalue weighted by Gasteiger charge is -2.30.